The van der Waals surface area contributed by atoms with Gasteiger partial charge in [-0.1, -0.05) is 24.3 Å². The molecule has 1 aromatic carbocycles. The van der Waals surface area contributed by atoms with Gasteiger partial charge in [-0.25, -0.2) is 0 Å². The van der Waals surface area contributed by atoms with Crippen LogP contribution in [0, 0.1) is 0 Å². The van der Waals surface area contributed by atoms with E-state index in [0.717, 1.165) is 24.5 Å². The Labute approximate surface area is 164 Å². The third kappa shape index (κ3) is 4.28. The van der Waals surface area contributed by atoms with Crippen molar-refractivity contribution in [1.82, 2.24) is 14.9 Å². The number of amides is 1. The lowest BCUT2D eigenvalue weighted by Crippen LogP contribution is -2.48. The average molecular weight is 373 g/mol. The van der Waals surface area contributed by atoms with E-state index in [2.05, 4.69) is 32.3 Å². The van der Waals surface area contributed by atoms with E-state index in [-0.39, 0.29) is 5.91 Å². The molecule has 1 aliphatic heterocycles. The Morgan fingerprint density at radius 2 is 1.75 bits per heavy atom. The van der Waals surface area contributed by atoms with Crippen LogP contribution in [-0.4, -0.2) is 47.0 Å². The van der Waals surface area contributed by atoms with Crippen LogP contribution < -0.4 is 10.2 Å². The van der Waals surface area contributed by atoms with Gasteiger partial charge in [-0.3, -0.25) is 14.8 Å². The van der Waals surface area contributed by atoms with Gasteiger partial charge < -0.3 is 15.1 Å². The number of para-hydroxylation sites is 1. The van der Waals surface area contributed by atoms with E-state index in [4.69, 9.17) is 0 Å². The Bertz CT molecular complexity index is 908. The van der Waals surface area contributed by atoms with Crippen molar-refractivity contribution in [3.63, 3.8) is 0 Å². The summed E-state index contributed by atoms with van der Waals surface area (Å²) in [5.74, 6) is 0.0293. The largest absolute Gasteiger partial charge is 0.378 e. The van der Waals surface area contributed by atoms with Crippen molar-refractivity contribution in [3.8, 4) is 0 Å². The molecule has 0 spiro atoms. The topological polar surface area (TPSA) is 61.4 Å². The number of carbonyl (C=O) groups excluding carboxylic acids is 1. The smallest absolute Gasteiger partial charge is 0.255 e. The molecule has 6 heteroatoms. The van der Waals surface area contributed by atoms with Crippen molar-refractivity contribution in [2.45, 2.75) is 6.54 Å². The van der Waals surface area contributed by atoms with Crippen LogP contribution in [0.4, 0.5) is 11.4 Å². The molecule has 4 rings (SSSR count). The van der Waals surface area contributed by atoms with E-state index >= 15 is 0 Å². The lowest BCUT2D eigenvalue weighted by Gasteiger charge is -2.36. The highest BCUT2D eigenvalue weighted by atomic mass is 16.2. The zero-order chi connectivity index (χ0) is 19.2. The third-order valence-corrected chi connectivity index (χ3v) is 4.87. The second kappa shape index (κ2) is 8.52. The minimum atomic E-state index is 0.0293. The highest BCUT2D eigenvalue weighted by Gasteiger charge is 2.22. The van der Waals surface area contributed by atoms with Crippen LogP contribution >= 0.6 is 0 Å². The van der Waals surface area contributed by atoms with Crippen LogP contribution in [0.2, 0.25) is 0 Å². The second-order valence-corrected chi connectivity index (χ2v) is 6.75. The quantitative estimate of drug-likeness (QED) is 0.745. The first-order chi connectivity index (χ1) is 13.8. The fourth-order valence-electron chi connectivity index (χ4n) is 3.34. The molecule has 1 fully saturated rings. The molecule has 0 bridgehead atoms. The Morgan fingerprint density at radius 1 is 0.964 bits per heavy atom. The van der Waals surface area contributed by atoms with Gasteiger partial charge in [-0.15, -0.1) is 0 Å². The number of anilines is 2. The van der Waals surface area contributed by atoms with Crippen LogP contribution in [0.15, 0.2) is 73.2 Å². The number of carbonyl (C=O) groups is 1. The van der Waals surface area contributed by atoms with E-state index in [1.807, 2.05) is 47.4 Å². The summed E-state index contributed by atoms with van der Waals surface area (Å²) < 4.78 is 0. The normalized spacial score (nSPS) is 14.0. The summed E-state index contributed by atoms with van der Waals surface area (Å²) in [4.78, 5) is 25.6. The van der Waals surface area contributed by atoms with E-state index < -0.39 is 0 Å². The highest BCUT2D eigenvalue weighted by Crippen LogP contribution is 2.18. The number of hydrogen-bond donors (Lipinski definition) is 1. The molecule has 1 saturated heterocycles. The van der Waals surface area contributed by atoms with Gasteiger partial charge in [0.2, 0.25) is 0 Å². The number of nitrogens with zero attached hydrogens (tertiary/aromatic N) is 4. The van der Waals surface area contributed by atoms with Crippen LogP contribution in [-0.2, 0) is 6.54 Å². The van der Waals surface area contributed by atoms with Gasteiger partial charge in [-0.05, 0) is 30.3 Å². The molecule has 0 aliphatic carbocycles. The summed E-state index contributed by atoms with van der Waals surface area (Å²) >= 11 is 0. The first-order valence-corrected chi connectivity index (χ1v) is 9.48. The minimum absolute atomic E-state index is 0.0293. The second-order valence-electron chi connectivity index (χ2n) is 6.75. The number of benzene rings is 1. The lowest BCUT2D eigenvalue weighted by molar-refractivity contribution is 0.0746. The number of pyridine rings is 2. The van der Waals surface area contributed by atoms with Gasteiger partial charge in [0.15, 0.2) is 0 Å². The maximum Gasteiger partial charge on any atom is 0.255 e. The summed E-state index contributed by atoms with van der Waals surface area (Å²) in [5.41, 5.74) is 3.58. The Morgan fingerprint density at radius 3 is 2.50 bits per heavy atom. The molecule has 1 N–H and O–H groups in total. The standard InChI is InChI=1S/C22H23N5O/c28-22(27-12-10-26(11-13-27)21-7-2-1-3-8-21)18-14-20(16-23-15-18)25-17-19-6-4-5-9-24-19/h1-9,14-16,25H,10-13,17H2. The van der Waals surface area contributed by atoms with Crippen molar-refractivity contribution < 1.29 is 4.79 Å². The van der Waals surface area contributed by atoms with Gasteiger partial charge in [0.25, 0.3) is 5.91 Å². The predicted molar refractivity (Wildman–Crippen MR) is 110 cm³/mol. The van der Waals surface area contributed by atoms with Gasteiger partial charge in [0, 0.05) is 50.5 Å². The maximum absolute atomic E-state index is 12.9. The number of aromatic nitrogens is 2. The minimum Gasteiger partial charge on any atom is -0.378 e. The van der Waals surface area contributed by atoms with Crippen molar-refractivity contribution in [2.24, 2.45) is 0 Å². The molecule has 0 saturated carbocycles. The molecule has 6 nitrogen and oxygen atoms in total. The van der Waals surface area contributed by atoms with Gasteiger partial charge >= 0.3 is 0 Å². The van der Waals surface area contributed by atoms with E-state index in [0.29, 0.717) is 25.2 Å². The van der Waals surface area contributed by atoms with E-state index in [9.17, 15) is 4.79 Å². The Hall–Kier alpha value is -3.41. The molecule has 1 amide bonds. The number of hydrogen-bond acceptors (Lipinski definition) is 5. The summed E-state index contributed by atoms with van der Waals surface area (Å²) in [6, 6.07) is 18.0. The average Bonchev–Trinajstić information content (AvgIpc) is 2.79. The monoisotopic (exact) mass is 373 g/mol. The summed E-state index contributed by atoms with van der Waals surface area (Å²) in [5, 5.41) is 3.28. The number of piperazine rings is 1. The predicted octanol–water partition coefficient (Wildman–Crippen LogP) is 3.05. The van der Waals surface area contributed by atoms with Crippen molar-refractivity contribution in [1.29, 1.82) is 0 Å². The van der Waals surface area contributed by atoms with Crippen LogP contribution in [0.25, 0.3) is 0 Å². The zero-order valence-electron chi connectivity index (χ0n) is 15.7. The zero-order valence-corrected chi connectivity index (χ0v) is 15.7. The highest BCUT2D eigenvalue weighted by molar-refractivity contribution is 5.95. The van der Waals surface area contributed by atoms with Crippen LogP contribution in [0.5, 0.6) is 0 Å². The summed E-state index contributed by atoms with van der Waals surface area (Å²) in [7, 11) is 0. The molecule has 0 unspecified atom stereocenters. The molecule has 0 radical (unpaired) electrons. The fourth-order valence-corrected chi connectivity index (χ4v) is 3.34. The molecule has 3 heterocycles. The summed E-state index contributed by atoms with van der Waals surface area (Å²) in [6.45, 7) is 3.68. The van der Waals surface area contributed by atoms with Crippen LogP contribution in [0.3, 0.4) is 0 Å². The fraction of sp³-hybridized carbons (Fsp3) is 0.227. The van der Waals surface area contributed by atoms with Crippen LogP contribution in [0.1, 0.15) is 16.1 Å². The SMILES string of the molecule is O=C(c1cncc(NCc2ccccn2)c1)N1CCN(c2ccccc2)CC1. The Kier molecular flexibility index (Phi) is 5.47. The lowest BCUT2D eigenvalue weighted by atomic mass is 10.2. The van der Waals surface area contributed by atoms with Gasteiger partial charge in [-0.2, -0.15) is 0 Å². The molecule has 28 heavy (non-hydrogen) atoms. The van der Waals surface area contributed by atoms with E-state index in [1.165, 1.54) is 5.69 Å². The molecular formula is C22H23N5O. The first kappa shape index (κ1) is 18.0. The number of nitrogens with one attached hydrogen (secondary N) is 1. The molecular weight excluding hydrogens is 350 g/mol. The first-order valence-electron chi connectivity index (χ1n) is 9.48. The summed E-state index contributed by atoms with van der Waals surface area (Å²) in [6.07, 6.45) is 5.13. The Balaban J connectivity index is 1.36. The van der Waals surface area contributed by atoms with Crippen molar-refractivity contribution >= 4 is 17.3 Å². The third-order valence-electron chi connectivity index (χ3n) is 4.87. The molecule has 1 aliphatic rings. The van der Waals surface area contributed by atoms with Gasteiger partial charge in [0.05, 0.1) is 23.5 Å². The molecule has 3 aromatic rings. The van der Waals surface area contributed by atoms with Crippen molar-refractivity contribution in [2.75, 3.05) is 36.4 Å². The molecule has 0 atom stereocenters. The molecule has 142 valence electrons. The van der Waals surface area contributed by atoms with E-state index in [1.54, 1.807) is 18.6 Å². The maximum atomic E-state index is 12.9. The van der Waals surface area contributed by atoms with Gasteiger partial charge in [0.1, 0.15) is 0 Å². The number of rotatable bonds is 5. The molecule has 2 aromatic heterocycles. The van der Waals surface area contributed by atoms with Crippen molar-refractivity contribution in [3.05, 3.63) is 84.4 Å².